The fraction of sp³-hybridized carbons (Fsp3) is 0.444. The van der Waals surface area contributed by atoms with E-state index in [1.54, 1.807) is 13.3 Å². The number of aromatic nitrogens is 2. The summed E-state index contributed by atoms with van der Waals surface area (Å²) in [5.41, 5.74) is 6.45. The van der Waals surface area contributed by atoms with Crippen molar-refractivity contribution in [1.29, 1.82) is 0 Å². The molecule has 1 fully saturated rings. The zero-order valence-electron chi connectivity index (χ0n) is 15.9. The molecule has 2 aromatic rings. The number of carbonyl (C=O) groups excluding carboxylic acids is 3. The first-order valence-electron chi connectivity index (χ1n) is 9.17. The van der Waals surface area contributed by atoms with Gasteiger partial charge >= 0.3 is 6.03 Å². The third-order valence-electron chi connectivity index (χ3n) is 5.71. The van der Waals surface area contributed by atoms with Crippen molar-refractivity contribution in [2.45, 2.75) is 39.1 Å². The largest absolute Gasteiger partial charge is 0.543 e. The van der Waals surface area contributed by atoms with Crippen LogP contribution < -0.4 is 20.7 Å². The number of nitrogens with one attached hydrogen (secondary N) is 1. The van der Waals surface area contributed by atoms with Gasteiger partial charge in [0.25, 0.3) is 0 Å². The van der Waals surface area contributed by atoms with Gasteiger partial charge in [-0.25, -0.2) is 9.36 Å². The molecule has 11 heteroatoms. The Hall–Kier alpha value is -2.92. The molecule has 0 saturated carbocycles. The van der Waals surface area contributed by atoms with Gasteiger partial charge in [0.05, 0.1) is 36.3 Å². The average molecular weight is 419 g/mol. The van der Waals surface area contributed by atoms with Crippen LogP contribution in [-0.2, 0) is 22.7 Å². The standard InChI is InChI=1S/C18H21N5O5S/c1-8-11(15(17(26)27)23-14(8)13(9(2)24)16(23)25)4-21-5-12-22(7-21)10(6-29-12)3-20-18(19)28/h5-9,13-14,24H,3-4H2,1-2H3,(H3-,19,20,26,27,28)/t8-,9+,13+,14+/m0/s1. The van der Waals surface area contributed by atoms with Crippen molar-refractivity contribution in [3.05, 3.63) is 34.9 Å². The van der Waals surface area contributed by atoms with Crippen molar-refractivity contribution in [2.75, 3.05) is 0 Å². The Labute approximate surface area is 169 Å². The zero-order valence-corrected chi connectivity index (χ0v) is 16.7. The number of amides is 3. The summed E-state index contributed by atoms with van der Waals surface area (Å²) in [6.07, 6.45) is 2.83. The van der Waals surface area contributed by atoms with Gasteiger partial charge in [-0.2, -0.15) is 4.40 Å². The van der Waals surface area contributed by atoms with Crippen molar-refractivity contribution >= 4 is 34.1 Å². The summed E-state index contributed by atoms with van der Waals surface area (Å²) in [5.74, 6) is -2.60. The number of rotatable bonds is 6. The van der Waals surface area contributed by atoms with E-state index in [9.17, 15) is 24.6 Å². The topological polar surface area (TPSA) is 144 Å². The number of urea groups is 1. The molecule has 10 nitrogen and oxygen atoms in total. The number of carbonyl (C=O) groups is 3. The number of thiazole rings is 1. The van der Waals surface area contributed by atoms with Gasteiger partial charge < -0.3 is 31.0 Å². The van der Waals surface area contributed by atoms with Gasteiger partial charge in [0, 0.05) is 16.9 Å². The maximum atomic E-state index is 12.4. The second-order valence-corrected chi connectivity index (χ2v) is 8.37. The Bertz CT molecular complexity index is 1050. The number of aliphatic carboxylic acids is 1. The monoisotopic (exact) mass is 419 g/mol. The minimum atomic E-state index is -1.39. The van der Waals surface area contributed by atoms with Crippen LogP contribution in [0.3, 0.4) is 0 Å². The van der Waals surface area contributed by atoms with E-state index in [4.69, 9.17) is 5.73 Å². The van der Waals surface area contributed by atoms with Crippen LogP contribution in [0.5, 0.6) is 0 Å². The normalized spacial score (nSPS) is 24.6. The molecular weight excluding hydrogens is 398 g/mol. The number of nitrogens with two attached hydrogens (primary N) is 1. The summed E-state index contributed by atoms with van der Waals surface area (Å²) < 4.78 is 3.72. The molecule has 0 unspecified atom stereocenters. The van der Waals surface area contributed by atoms with Crippen LogP contribution in [0.1, 0.15) is 19.5 Å². The predicted molar refractivity (Wildman–Crippen MR) is 98.9 cm³/mol. The van der Waals surface area contributed by atoms with Crippen molar-refractivity contribution in [1.82, 2.24) is 14.6 Å². The van der Waals surface area contributed by atoms with Crippen LogP contribution >= 0.6 is 11.3 Å². The lowest BCUT2D eigenvalue weighted by Crippen LogP contribution is -2.64. The van der Waals surface area contributed by atoms with E-state index in [1.165, 1.54) is 16.2 Å². The lowest BCUT2D eigenvalue weighted by atomic mass is 9.78. The second kappa shape index (κ2) is 6.85. The molecule has 4 heterocycles. The highest BCUT2D eigenvalue weighted by atomic mass is 32.1. The summed E-state index contributed by atoms with van der Waals surface area (Å²) >= 11 is 1.48. The fourth-order valence-corrected chi connectivity index (χ4v) is 5.29. The maximum Gasteiger partial charge on any atom is 0.312 e. The Morgan fingerprint density at radius 3 is 2.83 bits per heavy atom. The van der Waals surface area contributed by atoms with E-state index in [2.05, 4.69) is 5.32 Å². The third-order valence-corrected chi connectivity index (χ3v) is 6.64. The number of nitrogens with zero attached hydrogens (tertiary/aromatic N) is 3. The van der Waals surface area contributed by atoms with Gasteiger partial charge in [0.1, 0.15) is 18.4 Å². The molecule has 154 valence electrons. The highest BCUT2D eigenvalue weighted by Crippen LogP contribution is 2.46. The predicted octanol–water partition coefficient (Wildman–Crippen LogP) is -1.68. The smallest absolute Gasteiger partial charge is 0.312 e. The first-order chi connectivity index (χ1) is 13.7. The van der Waals surface area contributed by atoms with E-state index >= 15 is 0 Å². The van der Waals surface area contributed by atoms with Crippen molar-refractivity contribution in [2.24, 2.45) is 17.6 Å². The number of imidazole rings is 1. The molecule has 2 aromatic heterocycles. The molecule has 0 aliphatic carbocycles. The van der Waals surface area contributed by atoms with Crippen molar-refractivity contribution in [3.63, 3.8) is 0 Å². The van der Waals surface area contributed by atoms with Gasteiger partial charge in [0.2, 0.25) is 17.1 Å². The van der Waals surface area contributed by atoms with Crippen LogP contribution in [0, 0.1) is 11.8 Å². The highest BCUT2D eigenvalue weighted by Gasteiger charge is 2.58. The molecule has 2 aliphatic heterocycles. The quantitative estimate of drug-likeness (QED) is 0.378. The summed E-state index contributed by atoms with van der Waals surface area (Å²) in [6, 6.07) is -0.986. The Balaban J connectivity index is 1.64. The molecule has 4 atom stereocenters. The van der Waals surface area contributed by atoms with Crippen LogP contribution in [0.25, 0.3) is 4.83 Å². The minimum Gasteiger partial charge on any atom is -0.543 e. The van der Waals surface area contributed by atoms with Crippen molar-refractivity contribution < 1.29 is 29.2 Å². The number of hydrogen-bond acceptors (Lipinski definition) is 6. The van der Waals surface area contributed by atoms with Gasteiger partial charge in [-0.05, 0) is 6.92 Å². The molecule has 0 spiro atoms. The highest BCUT2D eigenvalue weighted by molar-refractivity contribution is 7.15. The van der Waals surface area contributed by atoms with Crippen LogP contribution in [0.15, 0.2) is 29.2 Å². The number of β-lactam (4-membered cyclic amide) rings is 1. The maximum absolute atomic E-state index is 12.4. The lowest BCUT2D eigenvalue weighted by Gasteiger charge is -2.47. The third kappa shape index (κ3) is 2.97. The van der Waals surface area contributed by atoms with Gasteiger partial charge in [-0.3, -0.25) is 4.79 Å². The van der Waals surface area contributed by atoms with Crippen LogP contribution in [-0.4, -0.2) is 44.5 Å². The first-order valence-corrected chi connectivity index (χ1v) is 10.0. The SMILES string of the molecule is C[C@@H](O)[C@H]1C(=O)N2C(C(=O)[O-])=C(C[n+]3cc4scc(CNC(N)=O)n4c3)[C@H](C)[C@H]12. The Morgan fingerprint density at radius 2 is 2.21 bits per heavy atom. The lowest BCUT2D eigenvalue weighted by molar-refractivity contribution is -0.688. The molecular formula is C18H21N5O5S. The van der Waals surface area contributed by atoms with Crippen LogP contribution in [0.2, 0.25) is 0 Å². The Morgan fingerprint density at radius 1 is 1.48 bits per heavy atom. The number of aliphatic hydroxyl groups is 1. The molecule has 1 saturated heterocycles. The van der Waals surface area contributed by atoms with Gasteiger partial charge in [0.15, 0.2) is 0 Å². The van der Waals surface area contributed by atoms with Crippen LogP contribution in [0.4, 0.5) is 4.79 Å². The molecule has 4 rings (SSSR count). The minimum absolute atomic E-state index is 0.0953. The number of carboxylic acids is 1. The molecule has 29 heavy (non-hydrogen) atoms. The van der Waals surface area contributed by atoms with E-state index in [0.29, 0.717) is 5.57 Å². The Kier molecular flexibility index (Phi) is 4.58. The number of hydrogen-bond donors (Lipinski definition) is 3. The first kappa shape index (κ1) is 19.4. The van der Waals surface area contributed by atoms with E-state index in [0.717, 1.165) is 10.5 Å². The fourth-order valence-electron chi connectivity index (χ4n) is 4.36. The van der Waals surface area contributed by atoms with Gasteiger partial charge in [-0.1, -0.05) is 18.3 Å². The molecule has 4 N–H and O–H groups in total. The van der Waals surface area contributed by atoms with Gasteiger partial charge in [-0.15, -0.1) is 0 Å². The summed E-state index contributed by atoms with van der Waals surface area (Å²) in [6.45, 7) is 3.95. The molecule has 0 bridgehead atoms. The summed E-state index contributed by atoms with van der Waals surface area (Å²) in [5, 5.41) is 26.2. The number of primary amides is 1. The molecule has 3 amide bonds. The number of carboxylic acid groups (broad SMARTS) is 1. The van der Waals surface area contributed by atoms with Crippen molar-refractivity contribution in [3.8, 4) is 0 Å². The number of fused-ring (bicyclic) bond motifs is 2. The van der Waals surface area contributed by atoms with E-state index in [-0.39, 0.29) is 36.7 Å². The molecule has 2 aliphatic rings. The second-order valence-electron chi connectivity index (χ2n) is 7.49. The average Bonchev–Trinajstić information content (AvgIpc) is 3.25. The van der Waals surface area contributed by atoms with E-state index < -0.39 is 24.0 Å². The summed E-state index contributed by atoms with van der Waals surface area (Å²) in [7, 11) is 0. The van der Waals surface area contributed by atoms with E-state index in [1.807, 2.05) is 27.5 Å². The molecule has 0 aromatic carbocycles. The molecule has 0 radical (unpaired) electrons. The number of aliphatic hydroxyl groups excluding tert-OH is 1. The summed E-state index contributed by atoms with van der Waals surface area (Å²) in [4.78, 5) is 37.3. The zero-order chi connectivity index (χ0) is 21.0.